The molecule has 5 rings (SSSR count). The van der Waals surface area contributed by atoms with E-state index < -0.39 is 12.3 Å². The van der Waals surface area contributed by atoms with Gasteiger partial charge in [-0.1, -0.05) is 18.2 Å². The zero-order valence-corrected chi connectivity index (χ0v) is 18.0. The number of amides is 1. The molecule has 0 saturated carbocycles. The average molecular weight is 466 g/mol. The monoisotopic (exact) mass is 466 g/mol. The largest absolute Gasteiger partial charge is 0.504 e. The fraction of sp³-hybridized carbons (Fsp3) is 0.182. The van der Waals surface area contributed by atoms with Gasteiger partial charge in [-0.15, -0.1) is 13.2 Å². The van der Waals surface area contributed by atoms with Crippen LogP contribution in [0, 0.1) is 13.8 Å². The summed E-state index contributed by atoms with van der Waals surface area (Å²) in [6, 6.07) is 10.2. The first-order chi connectivity index (χ1) is 16.2. The smallest absolute Gasteiger partial charge is 0.330 e. The van der Waals surface area contributed by atoms with Gasteiger partial charge in [-0.25, -0.2) is 4.79 Å². The van der Waals surface area contributed by atoms with Crippen LogP contribution in [0.5, 0.6) is 0 Å². The Bertz CT molecular complexity index is 1540. The molecular formula is C22H17F3N8O. The maximum absolute atomic E-state index is 13.0. The maximum atomic E-state index is 13.0. The van der Waals surface area contributed by atoms with Crippen molar-refractivity contribution in [2.75, 3.05) is 0 Å². The lowest BCUT2D eigenvalue weighted by Gasteiger charge is -2.08. The third kappa shape index (κ3) is 3.72. The Labute approximate surface area is 190 Å². The van der Waals surface area contributed by atoms with Gasteiger partial charge in [0.2, 0.25) is 0 Å². The van der Waals surface area contributed by atoms with E-state index in [4.69, 9.17) is 0 Å². The Kier molecular flexibility index (Phi) is 5.00. The van der Waals surface area contributed by atoms with E-state index in [9.17, 15) is 18.0 Å². The number of fused-ring (bicyclic) bond motifs is 3. The van der Waals surface area contributed by atoms with E-state index >= 15 is 0 Å². The minimum atomic E-state index is -4.61. The fourth-order valence-corrected chi connectivity index (χ4v) is 3.81. The summed E-state index contributed by atoms with van der Waals surface area (Å²) in [5.41, 5.74) is 3.72. The van der Waals surface area contributed by atoms with Crippen LogP contribution in [0.1, 0.15) is 17.1 Å². The Morgan fingerprint density at radius 1 is 1.06 bits per heavy atom. The summed E-state index contributed by atoms with van der Waals surface area (Å²) in [6.45, 7) is 3.75. The molecule has 34 heavy (non-hydrogen) atoms. The number of aromatic nitrogens is 7. The molecule has 1 amide bonds. The number of para-hydroxylation sites is 1. The van der Waals surface area contributed by atoms with Gasteiger partial charge in [0.15, 0.2) is 0 Å². The second kappa shape index (κ2) is 7.90. The highest BCUT2D eigenvalue weighted by atomic mass is 19.4. The molecule has 12 heteroatoms. The van der Waals surface area contributed by atoms with Gasteiger partial charge in [0, 0.05) is 28.2 Å². The number of benzene rings is 1. The van der Waals surface area contributed by atoms with Crippen molar-refractivity contribution in [1.29, 1.82) is 0 Å². The summed E-state index contributed by atoms with van der Waals surface area (Å²) in [7, 11) is 0. The van der Waals surface area contributed by atoms with E-state index in [0.29, 0.717) is 16.9 Å². The number of rotatable bonds is 3. The van der Waals surface area contributed by atoms with E-state index in [1.165, 1.54) is 10.7 Å². The SMILES string of the molecule is Cc1nc2ccccc2c2c1c(C)nn2C(=O)NCc1ccc(-c2cnn(C(F)(F)F)c2)nn1. The van der Waals surface area contributed by atoms with Crippen molar-refractivity contribution in [2.24, 2.45) is 0 Å². The molecule has 5 aromatic rings. The first-order valence-electron chi connectivity index (χ1n) is 10.2. The van der Waals surface area contributed by atoms with Crippen LogP contribution in [-0.2, 0) is 12.8 Å². The number of alkyl halides is 3. The molecule has 4 heterocycles. The number of hydrogen-bond donors (Lipinski definition) is 1. The summed E-state index contributed by atoms with van der Waals surface area (Å²) in [4.78, 5) is 17.6. The summed E-state index contributed by atoms with van der Waals surface area (Å²) >= 11 is 0. The number of nitrogens with zero attached hydrogens (tertiary/aromatic N) is 7. The number of hydrogen-bond acceptors (Lipinski definition) is 6. The van der Waals surface area contributed by atoms with Crippen LogP contribution in [0.3, 0.4) is 0 Å². The van der Waals surface area contributed by atoms with Gasteiger partial charge in [-0.2, -0.15) is 29.8 Å². The predicted octanol–water partition coefficient (Wildman–Crippen LogP) is 4.09. The number of carbonyl (C=O) groups excluding carboxylic acids is 1. The minimum absolute atomic E-state index is 0.0519. The number of carbonyl (C=O) groups is 1. The van der Waals surface area contributed by atoms with E-state index in [0.717, 1.165) is 34.4 Å². The van der Waals surface area contributed by atoms with Crippen LogP contribution >= 0.6 is 0 Å². The molecule has 0 atom stereocenters. The summed E-state index contributed by atoms with van der Waals surface area (Å²) < 4.78 is 39.4. The highest BCUT2D eigenvalue weighted by Gasteiger charge is 2.31. The lowest BCUT2D eigenvalue weighted by molar-refractivity contribution is -0.212. The standard InChI is InChI=1S/C22H17F3N8O/c1-12-19-13(2)31-33(20(19)16-5-3-4-6-18(16)28-12)21(34)26-10-15-7-8-17(30-29-15)14-9-27-32(11-14)22(23,24)25/h3-9,11H,10H2,1-2H3,(H,26,34). The van der Waals surface area contributed by atoms with Crippen LogP contribution < -0.4 is 5.32 Å². The highest BCUT2D eigenvalue weighted by Crippen LogP contribution is 2.28. The minimum Gasteiger partial charge on any atom is -0.330 e. The maximum Gasteiger partial charge on any atom is 0.504 e. The zero-order valence-electron chi connectivity index (χ0n) is 18.0. The van der Waals surface area contributed by atoms with Crippen LogP contribution in [0.4, 0.5) is 18.0 Å². The molecule has 0 fully saturated rings. The van der Waals surface area contributed by atoms with Crippen LogP contribution in [0.25, 0.3) is 33.1 Å². The Morgan fingerprint density at radius 3 is 2.56 bits per heavy atom. The molecule has 0 spiro atoms. The second-order valence-electron chi connectivity index (χ2n) is 7.65. The summed E-state index contributed by atoms with van der Waals surface area (Å²) in [5, 5.41) is 20.0. The third-order valence-corrected chi connectivity index (χ3v) is 5.34. The van der Waals surface area contributed by atoms with Crippen molar-refractivity contribution in [1.82, 2.24) is 40.1 Å². The van der Waals surface area contributed by atoms with Crippen LogP contribution in [0.2, 0.25) is 0 Å². The fourth-order valence-electron chi connectivity index (χ4n) is 3.81. The molecule has 9 nitrogen and oxygen atoms in total. The van der Waals surface area contributed by atoms with Gasteiger partial charge in [-0.05, 0) is 32.0 Å². The number of nitrogens with one attached hydrogen (secondary N) is 1. The predicted molar refractivity (Wildman–Crippen MR) is 117 cm³/mol. The average Bonchev–Trinajstić information content (AvgIpc) is 3.44. The van der Waals surface area contributed by atoms with Gasteiger partial charge in [0.05, 0.1) is 40.9 Å². The second-order valence-corrected chi connectivity index (χ2v) is 7.65. The van der Waals surface area contributed by atoms with Crippen molar-refractivity contribution in [3.63, 3.8) is 0 Å². The van der Waals surface area contributed by atoms with Crippen molar-refractivity contribution >= 4 is 27.8 Å². The van der Waals surface area contributed by atoms with E-state index in [1.807, 2.05) is 38.1 Å². The molecule has 0 radical (unpaired) electrons. The molecule has 4 aromatic heterocycles. The molecule has 0 saturated heterocycles. The van der Waals surface area contributed by atoms with Crippen LogP contribution in [-0.4, -0.2) is 40.8 Å². The van der Waals surface area contributed by atoms with Crippen LogP contribution in [0.15, 0.2) is 48.8 Å². The lowest BCUT2D eigenvalue weighted by Crippen LogP contribution is -2.29. The summed E-state index contributed by atoms with van der Waals surface area (Å²) in [6.07, 6.45) is -2.71. The zero-order chi connectivity index (χ0) is 24.0. The Hall–Kier alpha value is -4.35. The Morgan fingerprint density at radius 2 is 1.85 bits per heavy atom. The van der Waals surface area contributed by atoms with Crippen molar-refractivity contribution in [3.05, 3.63) is 65.9 Å². The van der Waals surface area contributed by atoms with Crippen molar-refractivity contribution in [3.8, 4) is 11.3 Å². The van der Waals surface area contributed by atoms with Gasteiger partial charge in [0.1, 0.15) is 0 Å². The lowest BCUT2D eigenvalue weighted by atomic mass is 10.1. The Balaban J connectivity index is 1.37. The van der Waals surface area contributed by atoms with Crippen molar-refractivity contribution in [2.45, 2.75) is 26.7 Å². The van der Waals surface area contributed by atoms with Crippen molar-refractivity contribution < 1.29 is 18.0 Å². The third-order valence-electron chi connectivity index (χ3n) is 5.34. The number of aryl methyl sites for hydroxylation is 2. The van der Waals surface area contributed by atoms with Gasteiger partial charge in [-0.3, -0.25) is 4.98 Å². The van der Waals surface area contributed by atoms with Gasteiger partial charge in [0.25, 0.3) is 0 Å². The van der Waals surface area contributed by atoms with Gasteiger partial charge < -0.3 is 5.32 Å². The molecule has 172 valence electrons. The summed E-state index contributed by atoms with van der Waals surface area (Å²) in [5.74, 6) is 0. The first-order valence-corrected chi connectivity index (χ1v) is 10.2. The molecule has 0 aliphatic carbocycles. The quantitative estimate of drug-likeness (QED) is 0.430. The van der Waals surface area contributed by atoms with E-state index in [2.05, 4.69) is 30.7 Å². The van der Waals surface area contributed by atoms with Gasteiger partial charge >= 0.3 is 12.3 Å². The topological polar surface area (TPSA) is 103 Å². The molecule has 0 aliphatic rings. The highest BCUT2D eigenvalue weighted by molar-refractivity contribution is 6.08. The molecule has 0 aliphatic heterocycles. The molecular weight excluding hydrogens is 449 g/mol. The van der Waals surface area contributed by atoms with E-state index in [-0.39, 0.29) is 22.5 Å². The molecule has 0 unspecified atom stereocenters. The first kappa shape index (κ1) is 21.5. The number of halogens is 3. The molecule has 1 aromatic carbocycles. The van der Waals surface area contributed by atoms with E-state index in [1.54, 1.807) is 6.07 Å². The molecule has 1 N–H and O–H groups in total. The number of pyridine rings is 1. The normalized spacial score (nSPS) is 11.9. The molecule has 0 bridgehead atoms.